The summed E-state index contributed by atoms with van der Waals surface area (Å²) >= 11 is 0. The molecule has 0 saturated heterocycles. The summed E-state index contributed by atoms with van der Waals surface area (Å²) in [5.41, 5.74) is 1.69. The number of nitrogens with zero attached hydrogens (tertiary/aromatic N) is 1. The predicted octanol–water partition coefficient (Wildman–Crippen LogP) is 4.98. The molecule has 4 rings (SSSR count). The van der Waals surface area contributed by atoms with Crippen molar-refractivity contribution in [1.29, 1.82) is 0 Å². The van der Waals surface area contributed by atoms with Crippen molar-refractivity contribution in [1.82, 2.24) is 4.98 Å². The van der Waals surface area contributed by atoms with Gasteiger partial charge in [-0.3, -0.25) is 0 Å². The lowest BCUT2D eigenvalue weighted by molar-refractivity contribution is 0.414. The minimum absolute atomic E-state index is 0.0432. The predicted molar refractivity (Wildman–Crippen MR) is 119 cm³/mol. The fraction of sp³-hybridized carbons (Fsp3) is 0.125. The van der Waals surface area contributed by atoms with E-state index < -0.39 is 15.7 Å². The maximum atomic E-state index is 13.3. The number of ether oxygens (including phenoxy) is 1. The molecule has 0 aliphatic heterocycles. The second-order valence-electron chi connectivity index (χ2n) is 7.00. The molecule has 0 amide bonds. The number of aromatic nitrogens is 1. The second kappa shape index (κ2) is 9.23. The van der Waals surface area contributed by atoms with Crippen molar-refractivity contribution in [3.8, 4) is 17.2 Å². The molecule has 164 valence electrons. The molecule has 0 atom stereocenters. The van der Waals surface area contributed by atoms with E-state index >= 15 is 0 Å². The van der Waals surface area contributed by atoms with Crippen LogP contribution in [0.3, 0.4) is 0 Å². The monoisotopic (exact) mass is 452 g/mol. The number of anilines is 1. The molecule has 0 saturated carbocycles. The molecule has 0 unspecified atom stereocenters. The number of hydrogen-bond donors (Lipinski definition) is 1. The number of nitrogens with one attached hydrogen (secondary N) is 1. The summed E-state index contributed by atoms with van der Waals surface area (Å²) in [7, 11) is -2.42. The van der Waals surface area contributed by atoms with Crippen molar-refractivity contribution in [2.24, 2.45) is 0 Å². The molecule has 6 nitrogen and oxygen atoms in total. The van der Waals surface area contributed by atoms with Gasteiger partial charge < -0.3 is 14.5 Å². The summed E-state index contributed by atoms with van der Waals surface area (Å²) in [4.78, 5) is 4.21. The van der Waals surface area contributed by atoms with E-state index in [1.165, 1.54) is 12.1 Å². The van der Waals surface area contributed by atoms with Crippen LogP contribution in [0.2, 0.25) is 0 Å². The van der Waals surface area contributed by atoms with Gasteiger partial charge >= 0.3 is 0 Å². The van der Waals surface area contributed by atoms with E-state index in [4.69, 9.17) is 9.15 Å². The Morgan fingerprint density at radius 2 is 1.66 bits per heavy atom. The Morgan fingerprint density at radius 3 is 2.31 bits per heavy atom. The number of oxazole rings is 1. The highest BCUT2D eigenvalue weighted by Crippen LogP contribution is 2.32. The largest absolute Gasteiger partial charge is 0.497 e. The molecule has 3 aromatic carbocycles. The van der Waals surface area contributed by atoms with Crippen LogP contribution < -0.4 is 10.1 Å². The van der Waals surface area contributed by atoms with Crippen molar-refractivity contribution in [3.63, 3.8) is 0 Å². The fourth-order valence-corrected chi connectivity index (χ4v) is 4.42. The van der Waals surface area contributed by atoms with Gasteiger partial charge in [0.1, 0.15) is 11.6 Å². The molecule has 1 heterocycles. The molecule has 0 bridgehead atoms. The van der Waals surface area contributed by atoms with E-state index in [2.05, 4.69) is 10.3 Å². The zero-order valence-corrected chi connectivity index (χ0v) is 18.1. The van der Waals surface area contributed by atoms with Crippen LogP contribution >= 0.6 is 0 Å². The number of halogens is 1. The molecule has 4 aromatic rings. The van der Waals surface area contributed by atoms with Crippen LogP contribution in [0, 0.1) is 5.82 Å². The Bertz CT molecular complexity index is 1290. The quantitative estimate of drug-likeness (QED) is 0.380. The van der Waals surface area contributed by atoms with E-state index in [0.29, 0.717) is 18.5 Å². The van der Waals surface area contributed by atoms with E-state index in [9.17, 15) is 12.8 Å². The van der Waals surface area contributed by atoms with Gasteiger partial charge in [0.15, 0.2) is 0 Å². The third-order valence-corrected chi connectivity index (χ3v) is 6.53. The Kier molecular flexibility index (Phi) is 6.23. The van der Waals surface area contributed by atoms with Gasteiger partial charge in [0.2, 0.25) is 26.6 Å². The first-order valence-corrected chi connectivity index (χ1v) is 11.4. The van der Waals surface area contributed by atoms with Gasteiger partial charge in [-0.05, 0) is 60.5 Å². The average molecular weight is 453 g/mol. The van der Waals surface area contributed by atoms with Crippen molar-refractivity contribution in [2.75, 3.05) is 19.0 Å². The van der Waals surface area contributed by atoms with Crippen molar-refractivity contribution >= 4 is 15.7 Å². The Labute approximate surface area is 185 Å². The van der Waals surface area contributed by atoms with E-state index in [0.717, 1.165) is 23.4 Å². The summed E-state index contributed by atoms with van der Waals surface area (Å²) in [6.07, 6.45) is 0.626. The Morgan fingerprint density at radius 1 is 0.969 bits per heavy atom. The normalized spacial score (nSPS) is 11.3. The van der Waals surface area contributed by atoms with Crippen LogP contribution in [0.1, 0.15) is 5.56 Å². The van der Waals surface area contributed by atoms with E-state index in [1.54, 1.807) is 19.2 Å². The Balaban J connectivity index is 1.63. The molecule has 32 heavy (non-hydrogen) atoms. The number of rotatable bonds is 8. The van der Waals surface area contributed by atoms with Gasteiger partial charge in [-0.25, -0.2) is 12.8 Å². The smallest absolute Gasteiger partial charge is 0.233 e. The van der Waals surface area contributed by atoms with Crippen molar-refractivity contribution in [3.05, 3.63) is 90.2 Å². The molecule has 0 aliphatic carbocycles. The maximum absolute atomic E-state index is 13.3. The lowest BCUT2D eigenvalue weighted by Crippen LogP contribution is -2.10. The highest BCUT2D eigenvalue weighted by molar-refractivity contribution is 7.91. The first-order valence-electron chi connectivity index (χ1n) is 9.91. The fourth-order valence-electron chi connectivity index (χ4n) is 3.14. The van der Waals surface area contributed by atoms with Crippen molar-refractivity contribution in [2.45, 2.75) is 16.3 Å². The molecular formula is C24H21FN2O4S. The third kappa shape index (κ3) is 4.65. The lowest BCUT2D eigenvalue weighted by Gasteiger charge is -2.07. The molecule has 1 N–H and O–H groups in total. The second-order valence-corrected chi connectivity index (χ2v) is 8.87. The number of methoxy groups -OCH3 is 1. The number of sulfone groups is 1. The zero-order valence-electron chi connectivity index (χ0n) is 17.3. The minimum Gasteiger partial charge on any atom is -0.497 e. The highest BCUT2D eigenvalue weighted by atomic mass is 32.2. The molecule has 0 aliphatic rings. The lowest BCUT2D eigenvalue weighted by atomic mass is 10.1. The van der Waals surface area contributed by atoms with Crippen LogP contribution in [-0.2, 0) is 16.3 Å². The molecule has 8 heteroatoms. The summed E-state index contributed by atoms with van der Waals surface area (Å²) in [6, 6.07) is 21.2. The topological polar surface area (TPSA) is 81.4 Å². The molecule has 0 radical (unpaired) electrons. The molecule has 0 spiro atoms. The first-order chi connectivity index (χ1) is 15.5. The SMILES string of the molecule is COc1ccc(CCNc2oc(-c3ccccc3)nc2S(=O)(=O)c2ccc(F)cc2)cc1. The number of hydrogen-bond acceptors (Lipinski definition) is 6. The summed E-state index contributed by atoms with van der Waals surface area (Å²) in [5.74, 6) is 0.462. The van der Waals surface area contributed by atoms with Gasteiger partial charge in [0, 0.05) is 12.1 Å². The standard InChI is InChI=1S/C24H21FN2O4S/c1-30-20-11-7-17(8-12-20)15-16-26-23-24(27-22(31-23)18-5-3-2-4-6-18)32(28,29)21-13-9-19(25)10-14-21/h2-14,26H,15-16H2,1H3. The maximum Gasteiger partial charge on any atom is 0.233 e. The van der Waals surface area contributed by atoms with Crippen LogP contribution in [0.25, 0.3) is 11.5 Å². The van der Waals surface area contributed by atoms with Crippen LogP contribution in [-0.4, -0.2) is 27.1 Å². The van der Waals surface area contributed by atoms with Crippen molar-refractivity contribution < 1.29 is 22.0 Å². The Hall–Kier alpha value is -3.65. The van der Waals surface area contributed by atoms with Crippen LogP contribution in [0.4, 0.5) is 10.3 Å². The van der Waals surface area contributed by atoms with Gasteiger partial charge in [-0.15, -0.1) is 0 Å². The van der Waals surface area contributed by atoms with E-state index in [-0.39, 0.29) is 21.7 Å². The van der Waals surface area contributed by atoms with Crippen LogP contribution in [0.15, 0.2) is 93.2 Å². The molecule has 0 fully saturated rings. The first kappa shape index (κ1) is 21.6. The third-order valence-electron chi connectivity index (χ3n) is 4.85. The van der Waals surface area contributed by atoms with Crippen LogP contribution in [0.5, 0.6) is 5.75 Å². The summed E-state index contributed by atoms with van der Waals surface area (Å²) in [6.45, 7) is 0.418. The van der Waals surface area contributed by atoms with Gasteiger partial charge in [-0.2, -0.15) is 4.98 Å². The highest BCUT2D eigenvalue weighted by Gasteiger charge is 2.28. The van der Waals surface area contributed by atoms with Gasteiger partial charge in [0.25, 0.3) is 0 Å². The molecular weight excluding hydrogens is 431 g/mol. The summed E-state index contributed by atoms with van der Waals surface area (Å²) < 4.78 is 50.7. The van der Waals surface area contributed by atoms with E-state index in [1.807, 2.05) is 42.5 Å². The minimum atomic E-state index is -4.03. The molecule has 1 aromatic heterocycles. The summed E-state index contributed by atoms with van der Waals surface area (Å²) in [5, 5.41) is 2.82. The van der Waals surface area contributed by atoms with Gasteiger partial charge in [-0.1, -0.05) is 30.3 Å². The number of benzene rings is 3. The average Bonchev–Trinajstić information content (AvgIpc) is 3.25. The van der Waals surface area contributed by atoms with Gasteiger partial charge in [0.05, 0.1) is 12.0 Å². The zero-order chi connectivity index (χ0) is 22.6.